The van der Waals surface area contributed by atoms with E-state index in [1.807, 2.05) is 12.1 Å². The highest BCUT2D eigenvalue weighted by atomic mass is 16.5. The fourth-order valence-corrected chi connectivity index (χ4v) is 2.24. The Morgan fingerprint density at radius 2 is 1.95 bits per heavy atom. The molecular weight excluding hydrogens is 240 g/mol. The second kappa shape index (κ2) is 7.26. The normalized spacial score (nSPS) is 16.3. The Bertz CT molecular complexity index is 397. The van der Waals surface area contributed by atoms with Crippen molar-refractivity contribution >= 4 is 5.91 Å². The van der Waals surface area contributed by atoms with Crippen LogP contribution in [0.15, 0.2) is 24.3 Å². The van der Waals surface area contributed by atoms with E-state index in [2.05, 4.69) is 24.4 Å². The van der Waals surface area contributed by atoms with E-state index < -0.39 is 0 Å². The van der Waals surface area contributed by atoms with E-state index >= 15 is 0 Å². The van der Waals surface area contributed by atoms with Crippen LogP contribution in [0.1, 0.15) is 29.3 Å². The summed E-state index contributed by atoms with van der Waals surface area (Å²) in [5.41, 5.74) is 2.03. The highest BCUT2D eigenvalue weighted by molar-refractivity contribution is 5.94. The van der Waals surface area contributed by atoms with Gasteiger partial charge in [-0.25, -0.2) is 0 Å². The van der Waals surface area contributed by atoms with Crippen molar-refractivity contribution in [2.24, 2.45) is 0 Å². The lowest BCUT2D eigenvalue weighted by Gasteiger charge is -2.23. The molecule has 1 heterocycles. The molecule has 1 aliphatic heterocycles. The van der Waals surface area contributed by atoms with E-state index in [1.165, 1.54) is 5.56 Å². The van der Waals surface area contributed by atoms with Gasteiger partial charge in [0.05, 0.1) is 13.2 Å². The minimum absolute atomic E-state index is 0.0205. The van der Waals surface area contributed by atoms with Gasteiger partial charge in [-0.3, -0.25) is 4.79 Å². The van der Waals surface area contributed by atoms with E-state index in [4.69, 9.17) is 4.74 Å². The standard InChI is InChI=1S/C15H22N2O2/c1-2-7-16-15(18)14-5-3-13(4-6-14)12-17-8-10-19-11-9-17/h3-6H,2,7-12H2,1H3,(H,16,18)/p+1. The number of rotatable bonds is 5. The van der Waals surface area contributed by atoms with Gasteiger partial charge < -0.3 is 15.0 Å². The predicted molar refractivity (Wildman–Crippen MR) is 74.3 cm³/mol. The smallest absolute Gasteiger partial charge is 0.251 e. The first-order valence-electron chi connectivity index (χ1n) is 7.08. The number of carbonyl (C=O) groups is 1. The predicted octanol–water partition coefficient (Wildman–Crippen LogP) is 0.242. The molecule has 104 valence electrons. The molecule has 19 heavy (non-hydrogen) atoms. The van der Waals surface area contributed by atoms with Crippen molar-refractivity contribution in [2.45, 2.75) is 19.9 Å². The van der Waals surface area contributed by atoms with Crippen molar-refractivity contribution in [1.82, 2.24) is 5.32 Å². The monoisotopic (exact) mass is 263 g/mol. The van der Waals surface area contributed by atoms with Crippen LogP contribution in [0, 0.1) is 0 Å². The first kappa shape index (κ1) is 14.0. The van der Waals surface area contributed by atoms with Crippen LogP contribution < -0.4 is 10.2 Å². The molecule has 1 aromatic carbocycles. The number of morpholine rings is 1. The van der Waals surface area contributed by atoms with E-state index in [1.54, 1.807) is 4.90 Å². The number of ether oxygens (including phenoxy) is 1. The van der Waals surface area contributed by atoms with Crippen LogP contribution in [0.3, 0.4) is 0 Å². The summed E-state index contributed by atoms with van der Waals surface area (Å²) in [6.07, 6.45) is 0.963. The summed E-state index contributed by atoms with van der Waals surface area (Å²) >= 11 is 0. The Labute approximate surface area is 114 Å². The number of amides is 1. The molecule has 4 heteroatoms. The summed E-state index contributed by atoms with van der Waals surface area (Å²) in [5.74, 6) is 0.0205. The van der Waals surface area contributed by atoms with Crippen molar-refractivity contribution in [2.75, 3.05) is 32.8 Å². The number of carbonyl (C=O) groups excluding carboxylic acids is 1. The molecule has 0 aromatic heterocycles. The quantitative estimate of drug-likeness (QED) is 0.799. The van der Waals surface area contributed by atoms with Gasteiger partial charge in [-0.1, -0.05) is 19.1 Å². The van der Waals surface area contributed by atoms with Crippen LogP contribution in [-0.2, 0) is 11.3 Å². The fraction of sp³-hybridized carbons (Fsp3) is 0.533. The molecule has 1 saturated heterocycles. The average Bonchev–Trinajstić information content (AvgIpc) is 2.46. The zero-order chi connectivity index (χ0) is 13.5. The van der Waals surface area contributed by atoms with Crippen LogP contribution in [0.4, 0.5) is 0 Å². The molecule has 0 aliphatic carbocycles. The van der Waals surface area contributed by atoms with Gasteiger partial charge in [0, 0.05) is 17.7 Å². The second-order valence-corrected chi connectivity index (χ2v) is 4.99. The molecule has 0 spiro atoms. The maximum absolute atomic E-state index is 11.8. The lowest BCUT2D eigenvalue weighted by Crippen LogP contribution is -3.12. The highest BCUT2D eigenvalue weighted by Gasteiger charge is 2.14. The summed E-state index contributed by atoms with van der Waals surface area (Å²) in [4.78, 5) is 13.3. The van der Waals surface area contributed by atoms with Crippen molar-refractivity contribution in [3.05, 3.63) is 35.4 Å². The SMILES string of the molecule is CCCNC(=O)c1ccc(C[NH+]2CCOCC2)cc1. The van der Waals surface area contributed by atoms with Crippen LogP contribution in [0.2, 0.25) is 0 Å². The lowest BCUT2D eigenvalue weighted by atomic mass is 10.1. The van der Waals surface area contributed by atoms with Crippen LogP contribution in [-0.4, -0.2) is 38.8 Å². The van der Waals surface area contributed by atoms with E-state index in [0.29, 0.717) is 0 Å². The Hall–Kier alpha value is -1.39. The zero-order valence-corrected chi connectivity index (χ0v) is 11.6. The fourth-order valence-electron chi connectivity index (χ4n) is 2.24. The third-order valence-corrected chi connectivity index (χ3v) is 3.41. The van der Waals surface area contributed by atoms with Gasteiger partial charge in [-0.05, 0) is 18.6 Å². The average molecular weight is 263 g/mol. The number of benzene rings is 1. The Morgan fingerprint density at radius 1 is 1.26 bits per heavy atom. The molecule has 2 rings (SSSR count). The van der Waals surface area contributed by atoms with Crippen LogP contribution in [0.25, 0.3) is 0 Å². The molecule has 4 nitrogen and oxygen atoms in total. The third kappa shape index (κ3) is 4.33. The first-order chi connectivity index (χ1) is 9.29. The Balaban J connectivity index is 1.88. The van der Waals surface area contributed by atoms with Gasteiger partial charge in [0.1, 0.15) is 19.6 Å². The summed E-state index contributed by atoms with van der Waals surface area (Å²) in [6, 6.07) is 7.95. The maximum Gasteiger partial charge on any atom is 0.251 e. The molecule has 1 fully saturated rings. The summed E-state index contributed by atoms with van der Waals surface area (Å²) in [7, 11) is 0. The Kier molecular flexibility index (Phi) is 5.36. The molecule has 1 aliphatic rings. The van der Waals surface area contributed by atoms with E-state index in [-0.39, 0.29) is 5.91 Å². The lowest BCUT2D eigenvalue weighted by molar-refractivity contribution is -0.921. The Morgan fingerprint density at radius 3 is 2.58 bits per heavy atom. The molecule has 0 saturated carbocycles. The molecule has 1 amide bonds. The number of quaternary nitrogens is 1. The molecule has 2 N–H and O–H groups in total. The van der Waals surface area contributed by atoms with E-state index in [0.717, 1.165) is 51.4 Å². The summed E-state index contributed by atoms with van der Waals surface area (Å²) in [5, 5.41) is 2.89. The molecule has 0 bridgehead atoms. The summed E-state index contributed by atoms with van der Waals surface area (Å²) in [6.45, 7) is 7.64. The number of hydrogen-bond donors (Lipinski definition) is 2. The summed E-state index contributed by atoms with van der Waals surface area (Å²) < 4.78 is 5.35. The van der Waals surface area contributed by atoms with E-state index in [9.17, 15) is 4.79 Å². The maximum atomic E-state index is 11.8. The minimum Gasteiger partial charge on any atom is -0.370 e. The van der Waals surface area contributed by atoms with Crippen molar-refractivity contribution < 1.29 is 14.4 Å². The minimum atomic E-state index is 0.0205. The van der Waals surface area contributed by atoms with Gasteiger partial charge in [0.25, 0.3) is 5.91 Å². The van der Waals surface area contributed by atoms with Crippen LogP contribution >= 0.6 is 0 Å². The topological polar surface area (TPSA) is 42.8 Å². The van der Waals surface area contributed by atoms with Crippen LogP contribution in [0.5, 0.6) is 0 Å². The zero-order valence-electron chi connectivity index (χ0n) is 11.6. The first-order valence-corrected chi connectivity index (χ1v) is 7.08. The number of hydrogen-bond acceptors (Lipinski definition) is 2. The van der Waals surface area contributed by atoms with Gasteiger partial charge in [0.15, 0.2) is 0 Å². The van der Waals surface area contributed by atoms with Gasteiger partial charge in [-0.2, -0.15) is 0 Å². The van der Waals surface area contributed by atoms with Crippen molar-refractivity contribution in [3.63, 3.8) is 0 Å². The molecular formula is C15H23N2O2+. The highest BCUT2D eigenvalue weighted by Crippen LogP contribution is 2.03. The third-order valence-electron chi connectivity index (χ3n) is 3.41. The molecule has 0 radical (unpaired) electrons. The second-order valence-electron chi connectivity index (χ2n) is 4.99. The molecule has 1 aromatic rings. The largest absolute Gasteiger partial charge is 0.370 e. The number of nitrogens with one attached hydrogen (secondary N) is 2. The molecule has 0 unspecified atom stereocenters. The van der Waals surface area contributed by atoms with Gasteiger partial charge in [0.2, 0.25) is 0 Å². The van der Waals surface area contributed by atoms with Gasteiger partial charge in [-0.15, -0.1) is 0 Å². The molecule has 0 atom stereocenters. The van der Waals surface area contributed by atoms with Gasteiger partial charge >= 0.3 is 0 Å². The van der Waals surface area contributed by atoms with Crippen molar-refractivity contribution in [1.29, 1.82) is 0 Å². The van der Waals surface area contributed by atoms with Crippen molar-refractivity contribution in [3.8, 4) is 0 Å².